The molecule has 0 radical (unpaired) electrons. The summed E-state index contributed by atoms with van der Waals surface area (Å²) < 4.78 is 25.5. The molecule has 2 N–H and O–H groups in total. The van der Waals surface area contributed by atoms with Crippen LogP contribution in [0.3, 0.4) is 0 Å². The van der Waals surface area contributed by atoms with Crippen LogP contribution < -0.4 is 10.0 Å². The number of fused-ring (bicyclic) bond motifs is 1. The Morgan fingerprint density at radius 2 is 2.00 bits per heavy atom. The average molecular weight is 368 g/mol. The van der Waals surface area contributed by atoms with E-state index in [1.165, 1.54) is 11.3 Å². The molecule has 0 fully saturated rings. The van der Waals surface area contributed by atoms with Gasteiger partial charge < -0.3 is 5.32 Å². The number of hydrogen-bond donors (Lipinski definition) is 2. The van der Waals surface area contributed by atoms with E-state index in [9.17, 15) is 13.2 Å². The highest BCUT2D eigenvalue weighted by Gasteiger charge is 2.12. The zero-order valence-electron chi connectivity index (χ0n) is 11.9. The quantitative estimate of drug-likeness (QED) is 0.720. The molecule has 0 aliphatic heterocycles. The molecular weight excluding hydrogens is 356 g/mol. The predicted octanol–water partition coefficient (Wildman–Crippen LogP) is 2.31. The highest BCUT2D eigenvalue weighted by atomic mass is 32.2. The van der Waals surface area contributed by atoms with Crippen molar-refractivity contribution >= 4 is 59.1 Å². The monoisotopic (exact) mass is 368 g/mol. The van der Waals surface area contributed by atoms with Gasteiger partial charge in [-0.05, 0) is 12.1 Å². The lowest BCUT2D eigenvalue weighted by Crippen LogP contribution is -2.14. The fourth-order valence-electron chi connectivity index (χ4n) is 1.85. The second-order valence-electron chi connectivity index (χ2n) is 4.73. The summed E-state index contributed by atoms with van der Waals surface area (Å²) in [5, 5.41) is 5.15. The van der Waals surface area contributed by atoms with Gasteiger partial charge in [0, 0.05) is 5.38 Å². The number of hydrogen-bond acceptors (Lipinski definition) is 7. The van der Waals surface area contributed by atoms with Gasteiger partial charge in [-0.15, -0.1) is 11.3 Å². The number of thiazole rings is 2. The first-order chi connectivity index (χ1) is 10.9. The van der Waals surface area contributed by atoms with Gasteiger partial charge in [0.05, 0.1) is 28.6 Å². The zero-order valence-corrected chi connectivity index (χ0v) is 14.4. The van der Waals surface area contributed by atoms with Crippen LogP contribution in [-0.2, 0) is 21.2 Å². The summed E-state index contributed by atoms with van der Waals surface area (Å²) in [5.41, 5.74) is 1.33. The van der Waals surface area contributed by atoms with Crippen LogP contribution in [0.5, 0.6) is 0 Å². The van der Waals surface area contributed by atoms with Crippen molar-refractivity contribution in [2.45, 2.75) is 6.42 Å². The van der Waals surface area contributed by atoms with E-state index in [-0.39, 0.29) is 17.5 Å². The molecule has 2 heterocycles. The molecule has 1 amide bonds. The molecule has 3 rings (SSSR count). The Bertz CT molecular complexity index is 929. The van der Waals surface area contributed by atoms with Crippen LogP contribution in [0.15, 0.2) is 29.6 Å². The summed E-state index contributed by atoms with van der Waals surface area (Å²) in [6, 6.07) is 7.62. The van der Waals surface area contributed by atoms with Crippen molar-refractivity contribution in [2.75, 3.05) is 16.3 Å². The van der Waals surface area contributed by atoms with Gasteiger partial charge in [-0.25, -0.2) is 18.4 Å². The van der Waals surface area contributed by atoms with E-state index in [0.29, 0.717) is 10.8 Å². The van der Waals surface area contributed by atoms with Crippen LogP contribution >= 0.6 is 22.7 Å². The van der Waals surface area contributed by atoms with Gasteiger partial charge in [-0.2, -0.15) is 0 Å². The predicted molar refractivity (Wildman–Crippen MR) is 92.5 cm³/mol. The summed E-state index contributed by atoms with van der Waals surface area (Å²) in [6.45, 7) is 0. The molecule has 0 atom stereocenters. The molecule has 10 heteroatoms. The first kappa shape index (κ1) is 15.8. The first-order valence-corrected chi connectivity index (χ1v) is 10.1. The number of benzene rings is 1. The third-order valence-corrected chi connectivity index (χ3v) is 5.16. The number of carbonyl (C=O) groups excluding carboxylic acids is 1. The van der Waals surface area contributed by atoms with Crippen molar-refractivity contribution < 1.29 is 13.2 Å². The molecular formula is C13H12N4O3S3. The molecule has 0 saturated carbocycles. The van der Waals surface area contributed by atoms with Crippen molar-refractivity contribution in [2.24, 2.45) is 0 Å². The number of amides is 1. The lowest BCUT2D eigenvalue weighted by atomic mass is 10.3. The summed E-state index contributed by atoms with van der Waals surface area (Å²) in [6.07, 6.45) is 1.10. The summed E-state index contributed by atoms with van der Waals surface area (Å²) in [5.74, 6) is -0.250. The summed E-state index contributed by atoms with van der Waals surface area (Å²) in [4.78, 5) is 20.4. The highest BCUT2D eigenvalue weighted by molar-refractivity contribution is 7.92. The number of para-hydroxylation sites is 1. The van der Waals surface area contributed by atoms with E-state index in [1.807, 2.05) is 24.3 Å². The molecule has 3 aromatic rings. The minimum absolute atomic E-state index is 0.0534. The van der Waals surface area contributed by atoms with E-state index >= 15 is 0 Å². The van der Waals surface area contributed by atoms with Crippen LogP contribution in [0.4, 0.5) is 10.3 Å². The minimum Gasteiger partial charge on any atom is -0.302 e. The van der Waals surface area contributed by atoms with Gasteiger partial charge in [-0.3, -0.25) is 9.52 Å². The molecule has 0 spiro atoms. The maximum absolute atomic E-state index is 12.0. The Kier molecular flexibility index (Phi) is 4.28. The van der Waals surface area contributed by atoms with Crippen molar-refractivity contribution in [1.82, 2.24) is 9.97 Å². The van der Waals surface area contributed by atoms with Crippen molar-refractivity contribution in [1.29, 1.82) is 0 Å². The Labute approximate surface area is 140 Å². The number of carbonyl (C=O) groups is 1. The Balaban J connectivity index is 1.65. The van der Waals surface area contributed by atoms with Gasteiger partial charge in [0.15, 0.2) is 10.3 Å². The van der Waals surface area contributed by atoms with E-state index in [4.69, 9.17) is 0 Å². The molecule has 0 saturated heterocycles. The van der Waals surface area contributed by atoms with E-state index in [0.717, 1.165) is 27.8 Å². The van der Waals surface area contributed by atoms with Crippen molar-refractivity contribution in [3.05, 3.63) is 35.3 Å². The number of nitrogens with one attached hydrogen (secondary N) is 2. The molecule has 0 aliphatic rings. The van der Waals surface area contributed by atoms with Crippen LogP contribution in [0.25, 0.3) is 10.2 Å². The normalized spacial score (nSPS) is 11.5. The Morgan fingerprint density at radius 3 is 2.74 bits per heavy atom. The van der Waals surface area contributed by atoms with Crippen molar-refractivity contribution in [3.63, 3.8) is 0 Å². The minimum atomic E-state index is -3.37. The Morgan fingerprint density at radius 1 is 1.22 bits per heavy atom. The number of rotatable bonds is 5. The maximum atomic E-state index is 12.0. The first-order valence-electron chi connectivity index (χ1n) is 6.47. The summed E-state index contributed by atoms with van der Waals surface area (Å²) >= 11 is 2.53. The molecule has 120 valence electrons. The third kappa shape index (κ3) is 4.24. The number of nitrogens with zero attached hydrogens (tertiary/aromatic N) is 2. The highest BCUT2D eigenvalue weighted by Crippen LogP contribution is 2.25. The molecule has 7 nitrogen and oxygen atoms in total. The largest absolute Gasteiger partial charge is 0.302 e. The third-order valence-electron chi connectivity index (χ3n) is 2.71. The second kappa shape index (κ2) is 6.22. The van der Waals surface area contributed by atoms with E-state index in [1.54, 1.807) is 5.38 Å². The lowest BCUT2D eigenvalue weighted by Gasteiger charge is -1.99. The van der Waals surface area contributed by atoms with Crippen molar-refractivity contribution in [3.8, 4) is 0 Å². The molecule has 0 bridgehead atoms. The summed E-state index contributed by atoms with van der Waals surface area (Å²) in [7, 11) is -3.37. The lowest BCUT2D eigenvalue weighted by molar-refractivity contribution is -0.115. The number of anilines is 2. The maximum Gasteiger partial charge on any atom is 0.232 e. The Hall–Kier alpha value is -2.04. The van der Waals surface area contributed by atoms with E-state index < -0.39 is 10.0 Å². The van der Waals surface area contributed by atoms with Gasteiger partial charge in [0.1, 0.15) is 0 Å². The van der Waals surface area contributed by atoms with Gasteiger partial charge in [-0.1, -0.05) is 23.5 Å². The standard InChI is InChI=1S/C13H12N4O3S3/c1-23(19,20)17-13-14-8(7-21-13)6-11(18)16-12-15-9-4-2-3-5-10(9)22-12/h2-5,7H,6H2,1H3,(H,14,17)(H,15,16,18). The average Bonchev–Trinajstić information content (AvgIpc) is 3.02. The number of sulfonamides is 1. The van der Waals surface area contributed by atoms with Crippen LogP contribution in [0.2, 0.25) is 0 Å². The molecule has 2 aromatic heterocycles. The molecule has 0 aliphatic carbocycles. The van der Waals surface area contributed by atoms with Crippen LogP contribution in [0, 0.1) is 0 Å². The SMILES string of the molecule is CS(=O)(=O)Nc1nc(CC(=O)Nc2nc3ccccc3s2)cs1. The molecule has 23 heavy (non-hydrogen) atoms. The smallest absolute Gasteiger partial charge is 0.232 e. The van der Waals surface area contributed by atoms with E-state index in [2.05, 4.69) is 20.0 Å². The topological polar surface area (TPSA) is 101 Å². The van der Waals surface area contributed by atoms with Crippen LogP contribution in [-0.4, -0.2) is 30.5 Å². The van der Waals surface area contributed by atoms with Gasteiger partial charge >= 0.3 is 0 Å². The van der Waals surface area contributed by atoms with Crippen LogP contribution in [0.1, 0.15) is 5.69 Å². The fraction of sp³-hybridized carbons (Fsp3) is 0.154. The van der Waals surface area contributed by atoms with Gasteiger partial charge in [0.25, 0.3) is 0 Å². The number of aromatic nitrogens is 2. The zero-order chi connectivity index (χ0) is 16.4. The van der Waals surface area contributed by atoms with Gasteiger partial charge in [0.2, 0.25) is 15.9 Å². The molecule has 0 unspecified atom stereocenters. The fourth-order valence-corrected chi connectivity index (χ4v) is 4.29. The second-order valence-corrected chi connectivity index (χ2v) is 8.37. The molecule has 1 aromatic carbocycles.